The van der Waals surface area contributed by atoms with Crippen molar-refractivity contribution in [3.63, 3.8) is 0 Å². The molecule has 0 bridgehead atoms. The van der Waals surface area contributed by atoms with Crippen molar-refractivity contribution >= 4 is 17.9 Å². The van der Waals surface area contributed by atoms with Gasteiger partial charge in [0.25, 0.3) is 5.91 Å². The second-order valence-electron chi connectivity index (χ2n) is 3.86. The van der Waals surface area contributed by atoms with Crippen LogP contribution in [0.25, 0.3) is 0 Å². The molecule has 0 aliphatic rings. The summed E-state index contributed by atoms with van der Waals surface area (Å²) in [5.41, 5.74) is 0.769. The Balaban J connectivity index is 2.20. The Kier molecular flexibility index (Phi) is 3.56. The first-order valence-corrected chi connectivity index (χ1v) is 5.45. The number of anilines is 1. The Morgan fingerprint density at radius 3 is 2.47 bits per heavy atom. The fourth-order valence-electron chi connectivity index (χ4n) is 1.53. The molecule has 0 unspecified atom stereocenters. The van der Waals surface area contributed by atoms with E-state index in [1.54, 1.807) is 0 Å². The van der Waals surface area contributed by atoms with E-state index in [1.807, 2.05) is 0 Å². The Hall–Kier alpha value is -2.69. The molecule has 2 aromatic carbocycles. The number of aldehydes is 1. The smallest absolute Gasteiger partial charge is 0.259 e. The van der Waals surface area contributed by atoms with E-state index in [4.69, 9.17) is 0 Å². The first kappa shape index (κ1) is 12.8. The van der Waals surface area contributed by atoms with Crippen molar-refractivity contribution in [2.45, 2.75) is 0 Å². The summed E-state index contributed by atoms with van der Waals surface area (Å²) in [6.45, 7) is 0. The molecule has 96 valence electrons. The minimum Gasteiger partial charge on any atom is -0.507 e. The van der Waals surface area contributed by atoms with Crippen LogP contribution in [0, 0.1) is 5.82 Å². The van der Waals surface area contributed by atoms with E-state index in [0.717, 1.165) is 18.2 Å². The lowest BCUT2D eigenvalue weighted by molar-refractivity contribution is 0.102. The molecule has 4 nitrogen and oxygen atoms in total. The van der Waals surface area contributed by atoms with Gasteiger partial charge in [-0.2, -0.15) is 0 Å². The quantitative estimate of drug-likeness (QED) is 0.832. The molecule has 0 heterocycles. The van der Waals surface area contributed by atoms with Crippen LogP contribution in [0.1, 0.15) is 20.7 Å². The molecule has 5 heteroatoms. The van der Waals surface area contributed by atoms with Gasteiger partial charge in [0.15, 0.2) is 0 Å². The maximum atomic E-state index is 13.0. The van der Waals surface area contributed by atoms with Gasteiger partial charge in [-0.3, -0.25) is 9.59 Å². The van der Waals surface area contributed by atoms with E-state index in [0.29, 0.717) is 17.5 Å². The van der Waals surface area contributed by atoms with E-state index in [-0.39, 0.29) is 11.3 Å². The molecule has 0 saturated heterocycles. The number of carbonyl (C=O) groups excluding carboxylic acids is 2. The molecule has 0 spiro atoms. The molecule has 0 aromatic heterocycles. The standard InChI is InChI=1S/C14H10FNO3/c15-10-3-6-13(18)12(7-10)14(19)16-11-4-1-9(8-17)2-5-11/h1-8,18H,(H,16,19). The first-order chi connectivity index (χ1) is 9.10. The highest BCUT2D eigenvalue weighted by molar-refractivity contribution is 6.06. The number of phenolic OH excluding ortho intramolecular Hbond substituents is 1. The molecule has 19 heavy (non-hydrogen) atoms. The van der Waals surface area contributed by atoms with Crippen LogP contribution in [0.15, 0.2) is 42.5 Å². The van der Waals surface area contributed by atoms with Gasteiger partial charge >= 0.3 is 0 Å². The van der Waals surface area contributed by atoms with Crippen molar-refractivity contribution in [3.05, 3.63) is 59.4 Å². The fourth-order valence-corrected chi connectivity index (χ4v) is 1.53. The summed E-state index contributed by atoms with van der Waals surface area (Å²) in [7, 11) is 0. The lowest BCUT2D eigenvalue weighted by Gasteiger charge is -2.07. The summed E-state index contributed by atoms with van der Waals surface area (Å²) < 4.78 is 13.0. The van der Waals surface area contributed by atoms with Gasteiger partial charge in [0.05, 0.1) is 5.56 Å². The van der Waals surface area contributed by atoms with Crippen LogP contribution in [0.4, 0.5) is 10.1 Å². The predicted molar refractivity (Wildman–Crippen MR) is 67.8 cm³/mol. The van der Waals surface area contributed by atoms with E-state index in [9.17, 15) is 19.1 Å². The maximum absolute atomic E-state index is 13.0. The molecule has 0 atom stereocenters. The third kappa shape index (κ3) is 2.95. The highest BCUT2D eigenvalue weighted by Gasteiger charge is 2.12. The molecule has 0 saturated carbocycles. The van der Waals surface area contributed by atoms with Crippen LogP contribution in [0.2, 0.25) is 0 Å². The number of hydrogen-bond donors (Lipinski definition) is 2. The zero-order valence-electron chi connectivity index (χ0n) is 9.76. The topological polar surface area (TPSA) is 66.4 Å². The van der Waals surface area contributed by atoms with E-state index < -0.39 is 11.7 Å². The van der Waals surface area contributed by atoms with Gasteiger partial charge in [-0.15, -0.1) is 0 Å². The Labute approximate surface area is 108 Å². The van der Waals surface area contributed by atoms with Crippen LogP contribution >= 0.6 is 0 Å². The minimum atomic E-state index is -0.629. The zero-order valence-corrected chi connectivity index (χ0v) is 9.76. The summed E-state index contributed by atoms with van der Waals surface area (Å²) >= 11 is 0. The van der Waals surface area contributed by atoms with Gasteiger partial charge in [0.1, 0.15) is 17.9 Å². The molecule has 0 radical (unpaired) electrons. The third-order valence-electron chi connectivity index (χ3n) is 2.51. The molecule has 2 N–H and O–H groups in total. The van der Waals surface area contributed by atoms with Crippen molar-refractivity contribution in [3.8, 4) is 5.75 Å². The Bertz CT molecular complexity index is 623. The minimum absolute atomic E-state index is 0.153. The largest absolute Gasteiger partial charge is 0.507 e. The van der Waals surface area contributed by atoms with Crippen LogP contribution in [-0.2, 0) is 0 Å². The molecule has 1 amide bonds. The van der Waals surface area contributed by atoms with E-state index >= 15 is 0 Å². The highest BCUT2D eigenvalue weighted by atomic mass is 19.1. The predicted octanol–water partition coefficient (Wildman–Crippen LogP) is 2.60. The second kappa shape index (κ2) is 5.30. The molecule has 0 aliphatic carbocycles. The number of nitrogens with one attached hydrogen (secondary N) is 1. The summed E-state index contributed by atoms with van der Waals surface area (Å²) in [5, 5.41) is 12.0. The maximum Gasteiger partial charge on any atom is 0.259 e. The van der Waals surface area contributed by atoms with Crippen LogP contribution in [0.3, 0.4) is 0 Å². The number of amides is 1. The van der Waals surface area contributed by atoms with Gasteiger partial charge in [-0.25, -0.2) is 4.39 Å². The number of halogens is 1. The normalized spacial score (nSPS) is 9.95. The van der Waals surface area contributed by atoms with Crippen LogP contribution in [-0.4, -0.2) is 17.3 Å². The van der Waals surface area contributed by atoms with Crippen molar-refractivity contribution in [2.24, 2.45) is 0 Å². The van der Waals surface area contributed by atoms with Gasteiger partial charge < -0.3 is 10.4 Å². The third-order valence-corrected chi connectivity index (χ3v) is 2.51. The summed E-state index contributed by atoms with van der Waals surface area (Å²) in [4.78, 5) is 22.3. The van der Waals surface area contributed by atoms with Crippen molar-refractivity contribution in [1.82, 2.24) is 0 Å². The summed E-state index contributed by atoms with van der Waals surface area (Å²) in [6.07, 6.45) is 0.685. The summed E-state index contributed by atoms with van der Waals surface area (Å²) in [5.74, 6) is -1.54. The number of carbonyl (C=O) groups is 2. The van der Waals surface area contributed by atoms with Gasteiger partial charge in [-0.1, -0.05) is 0 Å². The number of hydrogen-bond acceptors (Lipinski definition) is 3. The number of phenols is 1. The van der Waals surface area contributed by atoms with Gasteiger partial charge in [-0.05, 0) is 42.5 Å². The average molecular weight is 259 g/mol. The molecule has 2 rings (SSSR count). The van der Waals surface area contributed by atoms with Crippen LogP contribution in [0.5, 0.6) is 5.75 Å². The average Bonchev–Trinajstić information content (AvgIpc) is 2.42. The fraction of sp³-hybridized carbons (Fsp3) is 0. The number of aromatic hydroxyl groups is 1. The van der Waals surface area contributed by atoms with E-state index in [1.165, 1.54) is 24.3 Å². The van der Waals surface area contributed by atoms with E-state index in [2.05, 4.69) is 5.32 Å². The lowest BCUT2D eigenvalue weighted by atomic mass is 10.1. The molecule has 2 aromatic rings. The Morgan fingerprint density at radius 2 is 1.84 bits per heavy atom. The monoisotopic (exact) mass is 259 g/mol. The molecule has 0 aliphatic heterocycles. The van der Waals surface area contributed by atoms with Crippen molar-refractivity contribution < 1.29 is 19.1 Å². The summed E-state index contributed by atoms with van der Waals surface area (Å²) in [6, 6.07) is 9.27. The molecular formula is C14H10FNO3. The number of rotatable bonds is 3. The van der Waals surface area contributed by atoms with Crippen LogP contribution < -0.4 is 5.32 Å². The second-order valence-corrected chi connectivity index (χ2v) is 3.86. The number of benzene rings is 2. The SMILES string of the molecule is O=Cc1ccc(NC(=O)c2cc(F)ccc2O)cc1. The molecule has 0 fully saturated rings. The van der Waals surface area contributed by atoms with Crippen molar-refractivity contribution in [2.75, 3.05) is 5.32 Å². The highest BCUT2D eigenvalue weighted by Crippen LogP contribution is 2.19. The lowest BCUT2D eigenvalue weighted by Crippen LogP contribution is -2.12. The first-order valence-electron chi connectivity index (χ1n) is 5.45. The van der Waals surface area contributed by atoms with Gasteiger partial charge in [0, 0.05) is 11.3 Å². The molecular weight excluding hydrogens is 249 g/mol. The Morgan fingerprint density at radius 1 is 1.16 bits per heavy atom. The van der Waals surface area contributed by atoms with Crippen molar-refractivity contribution in [1.29, 1.82) is 0 Å². The zero-order chi connectivity index (χ0) is 13.8. The van der Waals surface area contributed by atoms with Gasteiger partial charge in [0.2, 0.25) is 0 Å².